The first-order chi connectivity index (χ1) is 14.7. The average Bonchev–Trinajstić information content (AvgIpc) is 3.50. The fraction of sp³-hybridized carbons (Fsp3) is 0.348. The minimum atomic E-state index is -0.434. The number of ether oxygens (including phenoxy) is 1. The Labute approximate surface area is 179 Å². The molecule has 0 radical (unpaired) electrons. The van der Waals surface area contributed by atoms with Crippen molar-refractivity contribution in [3.8, 4) is 0 Å². The lowest BCUT2D eigenvalue weighted by Gasteiger charge is -2.27. The first-order valence-corrected chi connectivity index (χ1v) is 11.3. The first-order valence-electron chi connectivity index (χ1n) is 10.5. The SMILES string of the molecule is O=C1OC(c2ccc(N3CCCC3=O)cc2)=N/C1=C\c1ccc(N2CCCCC2)s1. The van der Waals surface area contributed by atoms with Gasteiger partial charge in [-0.15, -0.1) is 11.3 Å². The summed E-state index contributed by atoms with van der Waals surface area (Å²) in [5.41, 5.74) is 1.91. The molecule has 1 aromatic heterocycles. The zero-order chi connectivity index (χ0) is 20.5. The molecule has 0 spiro atoms. The van der Waals surface area contributed by atoms with Crippen molar-refractivity contribution in [2.75, 3.05) is 29.4 Å². The van der Waals surface area contributed by atoms with E-state index in [1.807, 2.05) is 30.3 Å². The minimum Gasteiger partial charge on any atom is -0.402 e. The number of amides is 1. The third kappa shape index (κ3) is 3.77. The molecule has 6 nitrogen and oxygen atoms in total. The molecule has 2 fully saturated rings. The van der Waals surface area contributed by atoms with E-state index in [2.05, 4.69) is 16.0 Å². The molecule has 7 heteroatoms. The number of carbonyl (C=O) groups excluding carboxylic acids is 2. The quantitative estimate of drug-likeness (QED) is 0.548. The van der Waals surface area contributed by atoms with Gasteiger partial charge in [0.05, 0.1) is 5.00 Å². The molecule has 3 aliphatic rings. The molecule has 4 heterocycles. The zero-order valence-electron chi connectivity index (χ0n) is 16.7. The van der Waals surface area contributed by atoms with E-state index in [0.29, 0.717) is 18.0 Å². The lowest BCUT2D eigenvalue weighted by Crippen LogP contribution is -2.28. The predicted octanol–water partition coefficient (Wildman–Crippen LogP) is 4.21. The third-order valence-electron chi connectivity index (χ3n) is 5.68. The van der Waals surface area contributed by atoms with Gasteiger partial charge in [0.2, 0.25) is 11.8 Å². The molecule has 1 aromatic carbocycles. The second-order valence-corrected chi connectivity index (χ2v) is 8.85. The molecule has 0 atom stereocenters. The van der Waals surface area contributed by atoms with Gasteiger partial charge >= 0.3 is 5.97 Å². The van der Waals surface area contributed by atoms with Gasteiger partial charge in [0.1, 0.15) is 0 Å². The van der Waals surface area contributed by atoms with Gasteiger partial charge in [0, 0.05) is 42.2 Å². The smallest absolute Gasteiger partial charge is 0.363 e. The standard InChI is InChI=1S/C23H23N3O3S/c27-20-5-4-14-26(20)17-8-6-16(7-9-17)22-24-19(23(28)29-22)15-18-10-11-21(30-18)25-12-2-1-3-13-25/h6-11,15H,1-5,12-14H2/b19-15-. The van der Waals surface area contributed by atoms with Crippen molar-refractivity contribution < 1.29 is 14.3 Å². The fourth-order valence-electron chi connectivity index (χ4n) is 4.08. The number of carbonyl (C=O) groups is 2. The Morgan fingerprint density at radius 2 is 1.73 bits per heavy atom. The highest BCUT2D eigenvalue weighted by atomic mass is 32.1. The largest absolute Gasteiger partial charge is 0.402 e. The summed E-state index contributed by atoms with van der Waals surface area (Å²) in [6.45, 7) is 2.95. The van der Waals surface area contributed by atoms with E-state index in [0.717, 1.165) is 42.2 Å². The Hall–Kier alpha value is -2.93. The van der Waals surface area contributed by atoms with E-state index in [9.17, 15) is 9.59 Å². The van der Waals surface area contributed by atoms with E-state index in [-0.39, 0.29) is 5.91 Å². The summed E-state index contributed by atoms with van der Waals surface area (Å²) in [6, 6.07) is 11.6. The van der Waals surface area contributed by atoms with Crippen molar-refractivity contribution in [2.45, 2.75) is 32.1 Å². The van der Waals surface area contributed by atoms with Crippen molar-refractivity contribution in [3.05, 3.63) is 52.5 Å². The Bertz CT molecular complexity index is 1030. The van der Waals surface area contributed by atoms with Crippen LogP contribution in [0.1, 0.15) is 42.5 Å². The topological polar surface area (TPSA) is 62.2 Å². The Balaban J connectivity index is 1.33. The number of hydrogen-bond acceptors (Lipinski definition) is 6. The molecule has 0 unspecified atom stereocenters. The van der Waals surface area contributed by atoms with Crippen LogP contribution in [0.4, 0.5) is 10.7 Å². The number of piperidine rings is 1. The van der Waals surface area contributed by atoms with Crippen LogP contribution in [-0.4, -0.2) is 37.4 Å². The maximum Gasteiger partial charge on any atom is 0.363 e. The van der Waals surface area contributed by atoms with Crippen LogP contribution in [0, 0.1) is 0 Å². The molecule has 3 aliphatic heterocycles. The highest BCUT2D eigenvalue weighted by Gasteiger charge is 2.26. The molecule has 0 bridgehead atoms. The maximum atomic E-state index is 12.3. The van der Waals surface area contributed by atoms with Gasteiger partial charge in [-0.25, -0.2) is 9.79 Å². The summed E-state index contributed by atoms with van der Waals surface area (Å²) < 4.78 is 5.40. The molecule has 0 N–H and O–H groups in total. The Morgan fingerprint density at radius 3 is 2.47 bits per heavy atom. The molecule has 154 valence electrons. The summed E-state index contributed by atoms with van der Waals surface area (Å²) >= 11 is 1.68. The van der Waals surface area contributed by atoms with Crippen molar-refractivity contribution >= 4 is 45.9 Å². The van der Waals surface area contributed by atoms with E-state index in [4.69, 9.17) is 4.74 Å². The zero-order valence-corrected chi connectivity index (χ0v) is 17.5. The van der Waals surface area contributed by atoms with Crippen LogP contribution in [0.15, 0.2) is 47.1 Å². The minimum absolute atomic E-state index is 0.150. The molecular weight excluding hydrogens is 398 g/mol. The molecule has 1 amide bonds. The van der Waals surface area contributed by atoms with E-state index >= 15 is 0 Å². The molecule has 2 saturated heterocycles. The first kappa shape index (κ1) is 19.1. The predicted molar refractivity (Wildman–Crippen MR) is 119 cm³/mol. The summed E-state index contributed by atoms with van der Waals surface area (Å²) in [4.78, 5) is 33.8. The number of cyclic esters (lactones) is 1. The van der Waals surface area contributed by atoms with Crippen LogP contribution in [0.5, 0.6) is 0 Å². The van der Waals surface area contributed by atoms with Gasteiger partial charge in [-0.3, -0.25) is 4.79 Å². The number of nitrogens with zero attached hydrogens (tertiary/aromatic N) is 3. The van der Waals surface area contributed by atoms with Crippen molar-refractivity contribution in [2.24, 2.45) is 4.99 Å². The van der Waals surface area contributed by atoms with Crippen LogP contribution < -0.4 is 9.80 Å². The van der Waals surface area contributed by atoms with Crippen LogP contribution in [0.25, 0.3) is 6.08 Å². The van der Waals surface area contributed by atoms with E-state index in [1.54, 1.807) is 22.3 Å². The third-order valence-corrected chi connectivity index (χ3v) is 6.77. The van der Waals surface area contributed by atoms with Crippen LogP contribution in [0.3, 0.4) is 0 Å². The van der Waals surface area contributed by atoms with Gasteiger partial charge in [-0.2, -0.15) is 0 Å². The molecular formula is C23H23N3O3S. The Kier molecular flexibility index (Phi) is 5.12. The van der Waals surface area contributed by atoms with E-state index < -0.39 is 5.97 Å². The highest BCUT2D eigenvalue weighted by Crippen LogP contribution is 2.31. The monoisotopic (exact) mass is 421 g/mol. The summed E-state index contributed by atoms with van der Waals surface area (Å²) in [5.74, 6) is 0.0209. The number of benzene rings is 1. The molecule has 30 heavy (non-hydrogen) atoms. The van der Waals surface area contributed by atoms with Crippen LogP contribution in [0.2, 0.25) is 0 Å². The van der Waals surface area contributed by atoms with Crippen molar-refractivity contribution in [1.82, 2.24) is 0 Å². The maximum absolute atomic E-state index is 12.3. The van der Waals surface area contributed by atoms with Gasteiger partial charge in [0.15, 0.2) is 5.70 Å². The number of anilines is 2. The van der Waals surface area contributed by atoms with Gasteiger partial charge < -0.3 is 14.5 Å². The van der Waals surface area contributed by atoms with Crippen LogP contribution in [-0.2, 0) is 14.3 Å². The normalized spacial score (nSPS) is 20.8. The molecule has 0 saturated carbocycles. The lowest BCUT2D eigenvalue weighted by atomic mass is 10.1. The summed E-state index contributed by atoms with van der Waals surface area (Å²) in [7, 11) is 0. The second-order valence-electron chi connectivity index (χ2n) is 7.76. The number of rotatable bonds is 4. The number of hydrogen-bond donors (Lipinski definition) is 0. The number of aliphatic imine (C=N–C) groups is 1. The highest BCUT2D eigenvalue weighted by molar-refractivity contribution is 7.16. The molecule has 2 aromatic rings. The molecule has 0 aliphatic carbocycles. The molecule has 5 rings (SSSR count). The van der Waals surface area contributed by atoms with Gasteiger partial charge in [0.25, 0.3) is 0 Å². The Morgan fingerprint density at radius 1 is 0.933 bits per heavy atom. The van der Waals surface area contributed by atoms with Gasteiger partial charge in [-0.1, -0.05) is 0 Å². The van der Waals surface area contributed by atoms with Crippen LogP contribution >= 0.6 is 11.3 Å². The number of esters is 1. The van der Waals surface area contributed by atoms with E-state index in [1.165, 1.54) is 24.3 Å². The lowest BCUT2D eigenvalue weighted by molar-refractivity contribution is -0.130. The fourth-order valence-corrected chi connectivity index (χ4v) is 5.07. The number of thiophene rings is 1. The summed E-state index contributed by atoms with van der Waals surface area (Å²) in [6.07, 6.45) is 7.06. The summed E-state index contributed by atoms with van der Waals surface area (Å²) in [5, 5.41) is 1.24. The van der Waals surface area contributed by atoms with Crippen molar-refractivity contribution in [3.63, 3.8) is 0 Å². The second kappa shape index (κ2) is 8.07. The van der Waals surface area contributed by atoms with Gasteiger partial charge in [-0.05, 0) is 68.2 Å². The average molecular weight is 422 g/mol. The van der Waals surface area contributed by atoms with Crippen molar-refractivity contribution in [1.29, 1.82) is 0 Å².